The SMILES string of the molecule is CC.CCOC(COc1ccc(Cl)c(F)c1)OCC. The summed E-state index contributed by atoms with van der Waals surface area (Å²) in [4.78, 5) is 0. The van der Waals surface area contributed by atoms with Gasteiger partial charge in [-0.3, -0.25) is 0 Å². The predicted molar refractivity (Wildman–Crippen MR) is 75.3 cm³/mol. The van der Waals surface area contributed by atoms with Crippen LogP contribution in [0.4, 0.5) is 4.39 Å². The second-order valence-corrected chi connectivity index (χ2v) is 3.63. The Morgan fingerprint density at radius 3 is 2.21 bits per heavy atom. The molecule has 1 rings (SSSR count). The van der Waals surface area contributed by atoms with Crippen molar-refractivity contribution in [3.63, 3.8) is 0 Å². The highest BCUT2D eigenvalue weighted by Gasteiger charge is 2.09. The fourth-order valence-electron chi connectivity index (χ4n) is 1.25. The molecule has 3 nitrogen and oxygen atoms in total. The van der Waals surface area contributed by atoms with Gasteiger partial charge in [-0.05, 0) is 26.0 Å². The first-order chi connectivity index (χ1) is 9.17. The van der Waals surface area contributed by atoms with E-state index in [1.54, 1.807) is 6.07 Å². The highest BCUT2D eigenvalue weighted by molar-refractivity contribution is 6.30. The lowest BCUT2D eigenvalue weighted by Crippen LogP contribution is -2.25. The van der Waals surface area contributed by atoms with Crippen molar-refractivity contribution < 1.29 is 18.6 Å². The van der Waals surface area contributed by atoms with Crippen LogP contribution in [-0.4, -0.2) is 26.1 Å². The van der Waals surface area contributed by atoms with Crippen LogP contribution in [0.3, 0.4) is 0 Å². The molecule has 0 amide bonds. The van der Waals surface area contributed by atoms with E-state index in [0.29, 0.717) is 19.0 Å². The maximum atomic E-state index is 13.1. The van der Waals surface area contributed by atoms with Gasteiger partial charge in [-0.25, -0.2) is 4.39 Å². The van der Waals surface area contributed by atoms with Crippen molar-refractivity contribution in [2.24, 2.45) is 0 Å². The molecule has 0 spiro atoms. The third-order valence-electron chi connectivity index (χ3n) is 1.98. The van der Waals surface area contributed by atoms with Crippen LogP contribution >= 0.6 is 11.6 Å². The predicted octanol–water partition coefficient (Wildman–Crippen LogP) is 4.28. The average Bonchev–Trinajstić information content (AvgIpc) is 2.42. The summed E-state index contributed by atoms with van der Waals surface area (Å²) in [7, 11) is 0. The van der Waals surface area contributed by atoms with E-state index >= 15 is 0 Å². The molecule has 0 saturated carbocycles. The van der Waals surface area contributed by atoms with Crippen LogP contribution in [0, 0.1) is 5.82 Å². The lowest BCUT2D eigenvalue weighted by molar-refractivity contribution is -0.152. The largest absolute Gasteiger partial charge is 0.488 e. The van der Waals surface area contributed by atoms with Gasteiger partial charge in [0, 0.05) is 19.3 Å². The number of rotatable bonds is 7. The second-order valence-electron chi connectivity index (χ2n) is 3.23. The van der Waals surface area contributed by atoms with Gasteiger partial charge in [0.2, 0.25) is 0 Å². The molecule has 0 aliphatic heterocycles. The third kappa shape index (κ3) is 7.35. The Balaban J connectivity index is 0.00000154. The molecule has 1 aromatic rings. The first-order valence-electron chi connectivity index (χ1n) is 6.48. The standard InChI is InChI=1S/C12H16ClFO3.C2H6/c1-3-15-12(16-4-2)8-17-9-5-6-10(13)11(14)7-9;1-2/h5-7,12H,3-4,8H2,1-2H3;1-2H3. The summed E-state index contributed by atoms with van der Waals surface area (Å²) in [6.07, 6.45) is -0.441. The molecule has 0 aromatic heterocycles. The molecule has 0 atom stereocenters. The first kappa shape index (κ1) is 18.2. The van der Waals surface area contributed by atoms with E-state index in [9.17, 15) is 4.39 Å². The van der Waals surface area contributed by atoms with E-state index in [4.69, 9.17) is 25.8 Å². The smallest absolute Gasteiger partial charge is 0.191 e. The number of halogens is 2. The number of hydrogen-bond donors (Lipinski definition) is 0. The van der Waals surface area contributed by atoms with Crippen LogP contribution in [-0.2, 0) is 9.47 Å². The fourth-order valence-corrected chi connectivity index (χ4v) is 1.36. The van der Waals surface area contributed by atoms with Crippen LogP contribution in [0.5, 0.6) is 5.75 Å². The topological polar surface area (TPSA) is 27.7 Å². The quantitative estimate of drug-likeness (QED) is 0.702. The highest BCUT2D eigenvalue weighted by atomic mass is 35.5. The molecule has 0 aliphatic carbocycles. The Morgan fingerprint density at radius 2 is 1.74 bits per heavy atom. The molecule has 0 unspecified atom stereocenters. The molecule has 19 heavy (non-hydrogen) atoms. The van der Waals surface area contributed by atoms with Gasteiger partial charge in [0.1, 0.15) is 18.2 Å². The summed E-state index contributed by atoms with van der Waals surface area (Å²) >= 11 is 5.56. The van der Waals surface area contributed by atoms with Gasteiger partial charge in [0.15, 0.2) is 6.29 Å². The molecule has 0 heterocycles. The zero-order valence-corrected chi connectivity index (χ0v) is 12.7. The lowest BCUT2D eigenvalue weighted by atomic mass is 10.3. The van der Waals surface area contributed by atoms with Crippen molar-refractivity contribution in [1.29, 1.82) is 0 Å². The number of benzene rings is 1. The molecule has 0 saturated heterocycles. The minimum Gasteiger partial charge on any atom is -0.488 e. The Hall–Kier alpha value is -0.840. The van der Waals surface area contributed by atoms with E-state index in [1.165, 1.54) is 12.1 Å². The van der Waals surface area contributed by atoms with Gasteiger partial charge in [-0.2, -0.15) is 0 Å². The van der Waals surface area contributed by atoms with E-state index < -0.39 is 12.1 Å². The minimum atomic E-state index is -0.506. The molecular formula is C14H22ClFO3. The van der Waals surface area contributed by atoms with Crippen molar-refractivity contribution in [3.05, 3.63) is 29.0 Å². The maximum absolute atomic E-state index is 13.1. The summed E-state index contributed by atoms with van der Waals surface area (Å²) in [5, 5.41) is 0.0727. The van der Waals surface area contributed by atoms with Gasteiger partial charge in [-0.15, -0.1) is 0 Å². The molecule has 0 N–H and O–H groups in total. The van der Waals surface area contributed by atoms with E-state index in [-0.39, 0.29) is 11.6 Å². The number of ether oxygens (including phenoxy) is 3. The third-order valence-corrected chi connectivity index (χ3v) is 2.29. The lowest BCUT2D eigenvalue weighted by Gasteiger charge is -2.17. The van der Waals surface area contributed by atoms with Crippen molar-refractivity contribution in [1.82, 2.24) is 0 Å². The zero-order chi connectivity index (χ0) is 14.7. The zero-order valence-electron chi connectivity index (χ0n) is 11.9. The Morgan fingerprint density at radius 1 is 1.16 bits per heavy atom. The summed E-state index contributed by atoms with van der Waals surface area (Å²) in [5.41, 5.74) is 0. The molecule has 1 aromatic carbocycles. The molecule has 110 valence electrons. The van der Waals surface area contributed by atoms with Crippen LogP contribution in [0.25, 0.3) is 0 Å². The Kier molecular flexibility index (Phi) is 10.5. The van der Waals surface area contributed by atoms with Crippen molar-refractivity contribution >= 4 is 11.6 Å². The molecule has 0 radical (unpaired) electrons. The van der Waals surface area contributed by atoms with E-state index in [1.807, 2.05) is 27.7 Å². The van der Waals surface area contributed by atoms with Gasteiger partial charge < -0.3 is 14.2 Å². The highest BCUT2D eigenvalue weighted by Crippen LogP contribution is 2.20. The van der Waals surface area contributed by atoms with Crippen LogP contribution in [0.1, 0.15) is 27.7 Å². The fraction of sp³-hybridized carbons (Fsp3) is 0.571. The number of hydrogen-bond acceptors (Lipinski definition) is 3. The summed E-state index contributed by atoms with van der Waals surface area (Å²) in [6, 6.07) is 4.28. The van der Waals surface area contributed by atoms with E-state index in [0.717, 1.165) is 0 Å². The summed E-state index contributed by atoms with van der Waals surface area (Å²) in [6.45, 7) is 9.01. The second kappa shape index (κ2) is 11.0. The average molecular weight is 293 g/mol. The molecular weight excluding hydrogens is 271 g/mol. The van der Waals surface area contributed by atoms with Gasteiger partial charge >= 0.3 is 0 Å². The summed E-state index contributed by atoms with van der Waals surface area (Å²) < 4.78 is 29.1. The molecule has 0 bridgehead atoms. The van der Waals surface area contributed by atoms with E-state index in [2.05, 4.69) is 0 Å². The molecule has 0 aliphatic rings. The van der Waals surface area contributed by atoms with Crippen molar-refractivity contribution in [2.75, 3.05) is 19.8 Å². The van der Waals surface area contributed by atoms with Gasteiger partial charge in [0.05, 0.1) is 5.02 Å². The van der Waals surface area contributed by atoms with Crippen molar-refractivity contribution in [3.8, 4) is 5.75 Å². The van der Waals surface area contributed by atoms with Crippen LogP contribution < -0.4 is 4.74 Å². The monoisotopic (exact) mass is 292 g/mol. The molecule has 0 fully saturated rings. The van der Waals surface area contributed by atoms with Crippen LogP contribution in [0.2, 0.25) is 5.02 Å². The summed E-state index contributed by atoms with van der Waals surface area (Å²) in [5.74, 6) is -0.107. The van der Waals surface area contributed by atoms with Gasteiger partial charge in [0.25, 0.3) is 0 Å². The minimum absolute atomic E-state index is 0.0727. The van der Waals surface area contributed by atoms with Crippen molar-refractivity contribution in [2.45, 2.75) is 34.0 Å². The first-order valence-corrected chi connectivity index (χ1v) is 6.86. The van der Waals surface area contributed by atoms with Gasteiger partial charge in [-0.1, -0.05) is 25.4 Å². The maximum Gasteiger partial charge on any atom is 0.191 e. The normalized spacial score (nSPS) is 10.1. The Labute approximate surface area is 119 Å². The Bertz CT molecular complexity index is 341. The molecule has 5 heteroatoms. The van der Waals surface area contributed by atoms with Crippen LogP contribution in [0.15, 0.2) is 18.2 Å².